The minimum absolute atomic E-state index is 0.000640. The van der Waals surface area contributed by atoms with Gasteiger partial charge in [-0.15, -0.1) is 0 Å². The van der Waals surface area contributed by atoms with Crippen molar-refractivity contribution in [1.82, 2.24) is 0 Å². The van der Waals surface area contributed by atoms with Gasteiger partial charge in [-0.05, 0) is 61.2 Å². The van der Waals surface area contributed by atoms with E-state index in [0.29, 0.717) is 11.3 Å². The van der Waals surface area contributed by atoms with Crippen LogP contribution in [0.25, 0.3) is 5.76 Å². The van der Waals surface area contributed by atoms with Crippen molar-refractivity contribution < 1.29 is 28.2 Å². The molecule has 1 N–H and O–H groups in total. The molecule has 7 heteroatoms. The first-order chi connectivity index (χ1) is 16.1. The molecule has 1 aliphatic heterocycles. The van der Waals surface area contributed by atoms with Crippen LogP contribution in [0.2, 0.25) is 0 Å². The SMILES string of the molecule is COc1c(C)cc(C)cc1/C(O)=C1\C(=O)C(=O)N(c2ccc(F)c(F)c2)C1c1ccccc1C. The standard InChI is InChI=1S/C27H23F2NO4/c1-14-11-16(3)26(34-4)19(12-14)24(31)22-23(18-8-6-5-7-15(18)2)30(27(33)25(22)32)17-9-10-20(28)21(29)13-17/h5-13,23,31H,1-4H3/b24-22+. The van der Waals surface area contributed by atoms with E-state index in [4.69, 9.17) is 4.74 Å². The normalized spacial score (nSPS) is 17.4. The maximum absolute atomic E-state index is 14.1. The molecule has 0 radical (unpaired) electrons. The third-order valence-electron chi connectivity index (χ3n) is 5.99. The molecule has 0 spiro atoms. The average Bonchev–Trinajstić information content (AvgIpc) is 3.05. The number of nitrogens with zero attached hydrogens (tertiary/aromatic N) is 1. The highest BCUT2D eigenvalue weighted by molar-refractivity contribution is 6.51. The Hall–Kier alpha value is -4.00. The van der Waals surface area contributed by atoms with E-state index >= 15 is 0 Å². The van der Waals surface area contributed by atoms with E-state index in [-0.39, 0.29) is 16.8 Å². The molecule has 3 aromatic carbocycles. The van der Waals surface area contributed by atoms with Crippen LogP contribution in [-0.4, -0.2) is 23.9 Å². The molecule has 1 unspecified atom stereocenters. The van der Waals surface area contributed by atoms with Gasteiger partial charge in [-0.3, -0.25) is 14.5 Å². The summed E-state index contributed by atoms with van der Waals surface area (Å²) in [7, 11) is 1.45. The van der Waals surface area contributed by atoms with Gasteiger partial charge in [0.2, 0.25) is 0 Å². The molecule has 0 bridgehead atoms. The van der Waals surface area contributed by atoms with Gasteiger partial charge in [-0.2, -0.15) is 0 Å². The molecule has 1 saturated heterocycles. The number of aryl methyl sites for hydroxylation is 3. The van der Waals surface area contributed by atoms with E-state index in [1.54, 1.807) is 44.2 Å². The largest absolute Gasteiger partial charge is 0.507 e. The quantitative estimate of drug-likeness (QED) is 0.314. The third kappa shape index (κ3) is 3.73. The van der Waals surface area contributed by atoms with Crippen molar-refractivity contribution in [3.05, 3.63) is 99.6 Å². The molecule has 3 aromatic rings. The van der Waals surface area contributed by atoms with Crippen LogP contribution in [0, 0.1) is 32.4 Å². The van der Waals surface area contributed by atoms with Crippen molar-refractivity contribution in [2.24, 2.45) is 0 Å². The smallest absolute Gasteiger partial charge is 0.300 e. The molecular weight excluding hydrogens is 440 g/mol. The highest BCUT2D eigenvalue weighted by Gasteiger charge is 2.47. The number of aliphatic hydroxyl groups excluding tert-OH is 1. The van der Waals surface area contributed by atoms with Crippen molar-refractivity contribution >= 4 is 23.1 Å². The number of anilines is 1. The molecule has 0 aromatic heterocycles. The number of hydrogen-bond acceptors (Lipinski definition) is 4. The molecule has 4 rings (SSSR count). The number of hydrogen-bond donors (Lipinski definition) is 1. The van der Waals surface area contributed by atoms with Crippen LogP contribution in [-0.2, 0) is 9.59 Å². The van der Waals surface area contributed by atoms with E-state index in [1.165, 1.54) is 13.2 Å². The zero-order valence-corrected chi connectivity index (χ0v) is 19.1. The first-order valence-corrected chi connectivity index (χ1v) is 10.6. The molecule has 1 heterocycles. The highest BCUT2D eigenvalue weighted by Crippen LogP contribution is 2.44. The lowest BCUT2D eigenvalue weighted by molar-refractivity contribution is -0.132. The van der Waals surface area contributed by atoms with Crippen LogP contribution in [0.3, 0.4) is 0 Å². The number of halogens is 2. The number of ether oxygens (including phenoxy) is 1. The Morgan fingerprint density at radius 3 is 2.29 bits per heavy atom. The van der Waals surface area contributed by atoms with Gasteiger partial charge in [0.25, 0.3) is 11.7 Å². The summed E-state index contributed by atoms with van der Waals surface area (Å²) in [5, 5.41) is 11.4. The number of carbonyl (C=O) groups excluding carboxylic acids is 2. The van der Waals surface area contributed by atoms with Crippen LogP contribution in [0.15, 0.2) is 60.2 Å². The summed E-state index contributed by atoms with van der Waals surface area (Å²) in [6.07, 6.45) is 0. The molecule has 174 valence electrons. The van der Waals surface area contributed by atoms with E-state index in [9.17, 15) is 23.5 Å². The van der Waals surface area contributed by atoms with Gasteiger partial charge >= 0.3 is 0 Å². The van der Waals surface area contributed by atoms with Crippen LogP contribution in [0.4, 0.5) is 14.5 Å². The van der Waals surface area contributed by atoms with Crippen LogP contribution >= 0.6 is 0 Å². The topological polar surface area (TPSA) is 66.8 Å². The van der Waals surface area contributed by atoms with Crippen molar-refractivity contribution in [3.8, 4) is 5.75 Å². The van der Waals surface area contributed by atoms with Crippen molar-refractivity contribution in [3.63, 3.8) is 0 Å². The summed E-state index contributed by atoms with van der Waals surface area (Å²) in [6, 6.07) is 12.5. The summed E-state index contributed by atoms with van der Waals surface area (Å²) in [5.74, 6) is -4.15. The van der Waals surface area contributed by atoms with Gasteiger partial charge in [-0.25, -0.2) is 8.78 Å². The Bertz CT molecular complexity index is 1360. The number of benzene rings is 3. The third-order valence-corrected chi connectivity index (χ3v) is 5.99. The summed E-state index contributed by atoms with van der Waals surface area (Å²) >= 11 is 0. The second kappa shape index (κ2) is 8.74. The maximum atomic E-state index is 14.1. The van der Waals surface area contributed by atoms with Crippen LogP contribution in [0.5, 0.6) is 5.75 Å². The maximum Gasteiger partial charge on any atom is 0.300 e. The lowest BCUT2D eigenvalue weighted by Crippen LogP contribution is -2.30. The van der Waals surface area contributed by atoms with E-state index in [2.05, 4.69) is 0 Å². The highest BCUT2D eigenvalue weighted by atomic mass is 19.2. The van der Waals surface area contributed by atoms with Crippen molar-refractivity contribution in [1.29, 1.82) is 0 Å². The molecule has 1 fully saturated rings. The second-order valence-corrected chi connectivity index (χ2v) is 8.29. The number of aliphatic hydroxyl groups is 1. The lowest BCUT2D eigenvalue weighted by atomic mass is 9.91. The summed E-state index contributed by atoms with van der Waals surface area (Å²) < 4.78 is 33.2. The Balaban J connectivity index is 2.04. The molecule has 5 nitrogen and oxygen atoms in total. The first kappa shape index (κ1) is 23.2. The number of methoxy groups -OCH3 is 1. The molecular formula is C27H23F2NO4. The molecule has 0 aliphatic carbocycles. The number of Topliss-reactive ketones (excluding diaryl/α,β-unsaturated/α-hetero) is 1. The number of rotatable bonds is 4. The number of amides is 1. The zero-order chi connectivity index (χ0) is 24.7. The minimum Gasteiger partial charge on any atom is -0.507 e. The molecule has 0 saturated carbocycles. The fourth-order valence-corrected chi connectivity index (χ4v) is 4.47. The van der Waals surface area contributed by atoms with E-state index in [1.807, 2.05) is 13.0 Å². The zero-order valence-electron chi connectivity index (χ0n) is 19.1. The Morgan fingerprint density at radius 1 is 0.941 bits per heavy atom. The van der Waals surface area contributed by atoms with Crippen molar-refractivity contribution in [2.75, 3.05) is 12.0 Å². The van der Waals surface area contributed by atoms with Crippen molar-refractivity contribution in [2.45, 2.75) is 26.8 Å². The fourth-order valence-electron chi connectivity index (χ4n) is 4.47. The Kier molecular flexibility index (Phi) is 5.96. The fraction of sp³-hybridized carbons (Fsp3) is 0.185. The van der Waals surface area contributed by atoms with E-state index < -0.39 is 35.1 Å². The molecule has 34 heavy (non-hydrogen) atoms. The molecule has 1 aliphatic rings. The van der Waals surface area contributed by atoms with Gasteiger partial charge in [0, 0.05) is 11.8 Å². The van der Waals surface area contributed by atoms with E-state index in [0.717, 1.165) is 33.7 Å². The Labute approximate surface area is 195 Å². The summed E-state index contributed by atoms with van der Waals surface area (Å²) in [4.78, 5) is 27.6. The van der Waals surface area contributed by atoms with Gasteiger partial charge in [0.1, 0.15) is 11.5 Å². The summed E-state index contributed by atoms with van der Waals surface area (Å²) in [5.41, 5.74) is 2.99. The summed E-state index contributed by atoms with van der Waals surface area (Å²) in [6.45, 7) is 5.45. The van der Waals surface area contributed by atoms with Crippen LogP contribution < -0.4 is 9.64 Å². The first-order valence-electron chi connectivity index (χ1n) is 10.6. The molecule has 1 atom stereocenters. The Morgan fingerprint density at radius 2 is 1.65 bits per heavy atom. The lowest BCUT2D eigenvalue weighted by Gasteiger charge is -2.27. The second-order valence-electron chi connectivity index (χ2n) is 8.29. The monoisotopic (exact) mass is 463 g/mol. The average molecular weight is 463 g/mol. The van der Waals surface area contributed by atoms with Gasteiger partial charge in [0.05, 0.1) is 24.3 Å². The van der Waals surface area contributed by atoms with Gasteiger partial charge in [0.15, 0.2) is 11.6 Å². The van der Waals surface area contributed by atoms with Gasteiger partial charge in [-0.1, -0.05) is 30.3 Å². The number of carbonyl (C=O) groups is 2. The number of ketones is 1. The van der Waals surface area contributed by atoms with Gasteiger partial charge < -0.3 is 9.84 Å². The predicted molar refractivity (Wildman–Crippen MR) is 125 cm³/mol. The van der Waals surface area contributed by atoms with Crippen LogP contribution in [0.1, 0.15) is 33.9 Å². The molecule has 1 amide bonds. The predicted octanol–water partition coefficient (Wildman–Crippen LogP) is 5.52. The minimum atomic E-state index is -1.15.